The number of thiocarbonyl (C=S) groups is 1. The largest absolute Gasteiger partial charge is 0.461 e. The molecule has 0 saturated carbocycles. The maximum Gasteiger partial charge on any atom is 0.461 e. The number of alkyl halides is 4. The molecule has 0 heterocycles. The van der Waals surface area contributed by atoms with Gasteiger partial charge >= 0.3 is 12.5 Å². The van der Waals surface area contributed by atoms with Crippen molar-refractivity contribution in [2.24, 2.45) is 0 Å². The summed E-state index contributed by atoms with van der Waals surface area (Å²) < 4.78 is 53.9. The fourth-order valence-electron chi connectivity index (χ4n) is 1.45. The SMILES string of the molecule is CCC(C)NC(=S)NNC(=O)c1cccc(OC(F)(F)C(F)F)c1. The fraction of sp³-hybridized carbons (Fsp3) is 0.429. The molecule has 1 amide bonds. The van der Waals surface area contributed by atoms with E-state index in [9.17, 15) is 22.4 Å². The minimum Gasteiger partial charge on any atom is -0.428 e. The van der Waals surface area contributed by atoms with E-state index in [-0.39, 0.29) is 16.7 Å². The second-order valence-corrected chi connectivity index (χ2v) is 5.26. The molecule has 3 N–H and O–H groups in total. The number of rotatable bonds is 6. The number of ether oxygens (including phenoxy) is 1. The Labute approximate surface area is 141 Å². The molecular weight excluding hydrogens is 350 g/mol. The Morgan fingerprint density at radius 1 is 1.33 bits per heavy atom. The monoisotopic (exact) mass is 367 g/mol. The van der Waals surface area contributed by atoms with Crippen LogP contribution in [0.15, 0.2) is 24.3 Å². The lowest BCUT2D eigenvalue weighted by Gasteiger charge is -2.17. The third kappa shape index (κ3) is 6.19. The van der Waals surface area contributed by atoms with Crippen molar-refractivity contribution in [3.63, 3.8) is 0 Å². The number of amides is 1. The first-order chi connectivity index (χ1) is 11.2. The molecule has 0 radical (unpaired) electrons. The Bertz CT molecular complexity index is 587. The van der Waals surface area contributed by atoms with E-state index >= 15 is 0 Å². The quantitative estimate of drug-likeness (QED) is 0.410. The van der Waals surface area contributed by atoms with Crippen molar-refractivity contribution in [3.8, 4) is 5.75 Å². The van der Waals surface area contributed by atoms with Gasteiger partial charge in [0.1, 0.15) is 5.75 Å². The molecule has 24 heavy (non-hydrogen) atoms. The zero-order valence-electron chi connectivity index (χ0n) is 12.9. The first-order valence-corrected chi connectivity index (χ1v) is 7.38. The number of hydrogen-bond acceptors (Lipinski definition) is 3. The molecule has 1 rings (SSSR count). The van der Waals surface area contributed by atoms with Crippen LogP contribution in [-0.4, -0.2) is 29.6 Å². The fourth-order valence-corrected chi connectivity index (χ4v) is 1.70. The van der Waals surface area contributed by atoms with Crippen LogP contribution in [0.5, 0.6) is 5.75 Å². The first-order valence-electron chi connectivity index (χ1n) is 6.97. The molecule has 5 nitrogen and oxygen atoms in total. The van der Waals surface area contributed by atoms with Crippen LogP contribution in [0.2, 0.25) is 0 Å². The Morgan fingerprint density at radius 2 is 2.00 bits per heavy atom. The van der Waals surface area contributed by atoms with Gasteiger partial charge in [-0.2, -0.15) is 17.6 Å². The summed E-state index contributed by atoms with van der Waals surface area (Å²) in [6.45, 7) is 3.83. The van der Waals surface area contributed by atoms with Crippen molar-refractivity contribution < 1.29 is 27.1 Å². The highest BCUT2D eigenvalue weighted by Gasteiger charge is 2.44. The van der Waals surface area contributed by atoms with E-state index in [0.717, 1.165) is 18.6 Å². The Morgan fingerprint density at radius 3 is 2.58 bits per heavy atom. The van der Waals surface area contributed by atoms with Crippen LogP contribution in [0.25, 0.3) is 0 Å². The van der Waals surface area contributed by atoms with Gasteiger partial charge in [0.2, 0.25) is 0 Å². The van der Waals surface area contributed by atoms with Crippen LogP contribution in [0.1, 0.15) is 30.6 Å². The van der Waals surface area contributed by atoms with Crippen LogP contribution < -0.4 is 20.9 Å². The normalized spacial score (nSPS) is 12.5. The molecule has 0 spiro atoms. The minimum atomic E-state index is -4.64. The van der Waals surface area contributed by atoms with Gasteiger partial charge in [-0.05, 0) is 43.8 Å². The summed E-state index contributed by atoms with van der Waals surface area (Å²) in [5.41, 5.74) is 4.63. The van der Waals surface area contributed by atoms with Crippen molar-refractivity contribution in [2.75, 3.05) is 0 Å². The van der Waals surface area contributed by atoms with Crippen LogP contribution in [-0.2, 0) is 0 Å². The average Bonchev–Trinajstić information content (AvgIpc) is 2.52. The second-order valence-electron chi connectivity index (χ2n) is 4.85. The maximum absolute atomic E-state index is 12.9. The predicted octanol–water partition coefficient (Wildman–Crippen LogP) is 2.83. The number of hydrogen-bond donors (Lipinski definition) is 3. The number of nitrogens with one attached hydrogen (secondary N) is 3. The van der Waals surface area contributed by atoms with E-state index in [0.29, 0.717) is 0 Å². The highest BCUT2D eigenvalue weighted by molar-refractivity contribution is 7.80. The standard InChI is InChI=1S/C14H17F4N3O2S/c1-3-8(2)19-13(24)21-20-11(22)9-5-4-6-10(7-9)23-14(17,18)12(15)16/h4-8,12H,3H2,1-2H3,(H,20,22)(H2,19,21,24). The summed E-state index contributed by atoms with van der Waals surface area (Å²) in [5.74, 6) is -1.26. The van der Waals surface area contributed by atoms with E-state index in [1.807, 2.05) is 13.8 Å². The summed E-state index contributed by atoms with van der Waals surface area (Å²) in [6, 6.07) is 4.57. The van der Waals surface area contributed by atoms with Gasteiger partial charge in [-0.25, -0.2) is 0 Å². The molecular formula is C14H17F4N3O2S. The molecule has 0 aliphatic rings. The van der Waals surface area contributed by atoms with Crippen molar-refractivity contribution in [1.29, 1.82) is 0 Å². The van der Waals surface area contributed by atoms with Crippen LogP contribution >= 0.6 is 12.2 Å². The number of carbonyl (C=O) groups is 1. The van der Waals surface area contributed by atoms with Gasteiger partial charge in [-0.3, -0.25) is 15.6 Å². The summed E-state index contributed by atoms with van der Waals surface area (Å²) >= 11 is 4.95. The molecule has 1 aromatic carbocycles. The molecule has 0 fully saturated rings. The Balaban J connectivity index is 2.66. The molecule has 1 aromatic rings. The van der Waals surface area contributed by atoms with Crippen molar-refractivity contribution >= 4 is 23.2 Å². The number of halogens is 4. The van der Waals surface area contributed by atoms with E-state index in [1.165, 1.54) is 12.1 Å². The third-order valence-corrected chi connectivity index (χ3v) is 3.10. The van der Waals surface area contributed by atoms with Gasteiger partial charge in [0.15, 0.2) is 5.11 Å². The van der Waals surface area contributed by atoms with Gasteiger partial charge in [0.25, 0.3) is 5.91 Å². The zero-order chi connectivity index (χ0) is 18.3. The second kappa shape index (κ2) is 8.67. The molecule has 0 aromatic heterocycles. The lowest BCUT2D eigenvalue weighted by Crippen LogP contribution is -2.49. The molecule has 0 aliphatic carbocycles. The van der Waals surface area contributed by atoms with Gasteiger partial charge in [-0.15, -0.1) is 0 Å². The lowest BCUT2D eigenvalue weighted by atomic mass is 10.2. The van der Waals surface area contributed by atoms with Crippen LogP contribution in [0.3, 0.4) is 0 Å². The van der Waals surface area contributed by atoms with E-state index < -0.39 is 24.2 Å². The summed E-state index contributed by atoms with van der Waals surface area (Å²) in [5, 5.41) is 3.06. The predicted molar refractivity (Wildman–Crippen MR) is 84.1 cm³/mol. The highest BCUT2D eigenvalue weighted by atomic mass is 32.1. The molecule has 1 atom stereocenters. The number of carbonyl (C=O) groups excluding carboxylic acids is 1. The Kier molecular flexibility index (Phi) is 7.20. The van der Waals surface area contributed by atoms with Gasteiger partial charge in [0.05, 0.1) is 0 Å². The van der Waals surface area contributed by atoms with Gasteiger partial charge in [-0.1, -0.05) is 13.0 Å². The molecule has 10 heteroatoms. The van der Waals surface area contributed by atoms with Crippen LogP contribution in [0, 0.1) is 0 Å². The van der Waals surface area contributed by atoms with Gasteiger partial charge < -0.3 is 10.1 Å². The van der Waals surface area contributed by atoms with Crippen molar-refractivity contribution in [2.45, 2.75) is 38.8 Å². The van der Waals surface area contributed by atoms with Gasteiger partial charge in [0, 0.05) is 11.6 Å². The molecule has 0 aliphatic heterocycles. The molecule has 1 unspecified atom stereocenters. The highest BCUT2D eigenvalue weighted by Crippen LogP contribution is 2.27. The van der Waals surface area contributed by atoms with E-state index in [4.69, 9.17) is 12.2 Å². The average molecular weight is 367 g/mol. The van der Waals surface area contributed by atoms with E-state index in [1.54, 1.807) is 0 Å². The molecule has 134 valence electrons. The number of hydrazine groups is 1. The van der Waals surface area contributed by atoms with Crippen molar-refractivity contribution in [3.05, 3.63) is 29.8 Å². The molecule has 0 saturated heterocycles. The van der Waals surface area contributed by atoms with E-state index in [2.05, 4.69) is 20.9 Å². The van der Waals surface area contributed by atoms with Crippen molar-refractivity contribution in [1.82, 2.24) is 16.2 Å². The zero-order valence-corrected chi connectivity index (χ0v) is 13.7. The topological polar surface area (TPSA) is 62.4 Å². The summed E-state index contributed by atoms with van der Waals surface area (Å²) in [7, 11) is 0. The Hall–Kier alpha value is -2.10. The summed E-state index contributed by atoms with van der Waals surface area (Å²) in [4.78, 5) is 11.9. The number of benzene rings is 1. The smallest absolute Gasteiger partial charge is 0.428 e. The maximum atomic E-state index is 12.9. The minimum absolute atomic E-state index is 0.0728. The first kappa shape index (κ1) is 19.9. The van der Waals surface area contributed by atoms with Crippen LogP contribution in [0.4, 0.5) is 17.6 Å². The molecule has 0 bridgehead atoms. The lowest BCUT2D eigenvalue weighted by molar-refractivity contribution is -0.253. The third-order valence-electron chi connectivity index (χ3n) is 2.88. The summed E-state index contributed by atoms with van der Waals surface area (Å²) in [6.07, 6.45) is -7.82.